The van der Waals surface area contributed by atoms with E-state index in [1.54, 1.807) is 19.2 Å². The number of halogens is 1. The summed E-state index contributed by atoms with van der Waals surface area (Å²) in [5.41, 5.74) is 0.885. The van der Waals surface area contributed by atoms with E-state index >= 15 is 0 Å². The Bertz CT molecular complexity index is 381. The first-order valence-electron chi connectivity index (χ1n) is 5.88. The monoisotopic (exact) mass is 254 g/mol. The van der Waals surface area contributed by atoms with Crippen LogP contribution in [-0.2, 0) is 9.63 Å². The van der Waals surface area contributed by atoms with Crippen molar-refractivity contribution in [3.05, 3.63) is 35.6 Å². The van der Waals surface area contributed by atoms with Gasteiger partial charge in [-0.25, -0.2) is 9.45 Å². The van der Waals surface area contributed by atoms with Gasteiger partial charge in [-0.3, -0.25) is 9.63 Å². The fourth-order valence-corrected chi connectivity index (χ4v) is 1.65. The predicted molar refractivity (Wildman–Crippen MR) is 67.2 cm³/mol. The van der Waals surface area contributed by atoms with Crippen LogP contribution in [0.1, 0.15) is 24.9 Å². The molecule has 0 aliphatic rings. The van der Waals surface area contributed by atoms with Crippen molar-refractivity contribution in [1.82, 2.24) is 10.4 Å². The topological polar surface area (TPSA) is 41.6 Å². The number of hydrogen-bond acceptors (Lipinski definition) is 3. The van der Waals surface area contributed by atoms with Gasteiger partial charge >= 0.3 is 0 Å². The molecule has 0 saturated carbocycles. The fourth-order valence-electron chi connectivity index (χ4n) is 1.65. The number of amides is 1. The third kappa shape index (κ3) is 4.09. The molecule has 0 radical (unpaired) electrons. The van der Waals surface area contributed by atoms with E-state index < -0.39 is 0 Å². The van der Waals surface area contributed by atoms with E-state index in [-0.39, 0.29) is 24.2 Å². The summed E-state index contributed by atoms with van der Waals surface area (Å²) in [5, 5.41) is 4.39. The standard InChI is InChI=1S/C13H19FN2O2/c1-4-15-12(9-13(17)16(2)18-3)10-5-7-11(14)8-6-10/h5-8,12,15H,4,9H2,1-3H3/t12-/m1/s1. The molecule has 0 fully saturated rings. The Balaban J connectivity index is 2.76. The second-order valence-electron chi connectivity index (χ2n) is 3.94. The van der Waals surface area contributed by atoms with E-state index in [2.05, 4.69) is 5.32 Å². The highest BCUT2D eigenvalue weighted by molar-refractivity contribution is 5.75. The molecule has 1 aromatic rings. The van der Waals surface area contributed by atoms with Gasteiger partial charge in [-0.05, 0) is 24.2 Å². The van der Waals surface area contributed by atoms with Crippen LogP contribution in [0.2, 0.25) is 0 Å². The molecule has 0 heterocycles. The summed E-state index contributed by atoms with van der Waals surface area (Å²) in [4.78, 5) is 16.6. The number of carbonyl (C=O) groups is 1. The van der Waals surface area contributed by atoms with Gasteiger partial charge in [-0.2, -0.15) is 0 Å². The van der Waals surface area contributed by atoms with Gasteiger partial charge in [0.05, 0.1) is 7.11 Å². The molecule has 0 saturated heterocycles. The summed E-state index contributed by atoms with van der Waals surface area (Å²) in [6.45, 7) is 2.69. The fraction of sp³-hybridized carbons (Fsp3) is 0.462. The SMILES string of the molecule is CCN[C@H](CC(=O)N(C)OC)c1ccc(F)cc1. The van der Waals surface area contributed by atoms with Gasteiger partial charge in [0.15, 0.2) is 0 Å². The lowest BCUT2D eigenvalue weighted by Gasteiger charge is -2.21. The zero-order valence-corrected chi connectivity index (χ0v) is 10.9. The molecule has 0 aromatic heterocycles. The highest BCUT2D eigenvalue weighted by Gasteiger charge is 2.17. The van der Waals surface area contributed by atoms with Crippen molar-refractivity contribution in [3.8, 4) is 0 Å². The van der Waals surface area contributed by atoms with Crippen molar-refractivity contribution in [2.24, 2.45) is 0 Å². The first-order valence-corrected chi connectivity index (χ1v) is 5.88. The van der Waals surface area contributed by atoms with Crippen molar-refractivity contribution in [2.45, 2.75) is 19.4 Å². The molecular weight excluding hydrogens is 235 g/mol. The average molecular weight is 254 g/mol. The molecule has 0 bridgehead atoms. The highest BCUT2D eigenvalue weighted by atomic mass is 19.1. The smallest absolute Gasteiger partial charge is 0.247 e. The van der Waals surface area contributed by atoms with Crippen LogP contribution in [0.25, 0.3) is 0 Å². The van der Waals surface area contributed by atoms with Gasteiger partial charge < -0.3 is 5.32 Å². The summed E-state index contributed by atoms with van der Waals surface area (Å²) in [5.74, 6) is -0.415. The Kier molecular flexibility index (Phi) is 5.74. The molecule has 1 atom stereocenters. The largest absolute Gasteiger partial charge is 0.310 e. The van der Waals surface area contributed by atoms with Crippen molar-refractivity contribution in [2.75, 3.05) is 20.7 Å². The minimum Gasteiger partial charge on any atom is -0.310 e. The summed E-state index contributed by atoms with van der Waals surface area (Å²) in [7, 11) is 3.01. The van der Waals surface area contributed by atoms with Crippen molar-refractivity contribution >= 4 is 5.91 Å². The van der Waals surface area contributed by atoms with E-state index in [0.29, 0.717) is 0 Å². The Morgan fingerprint density at radius 3 is 2.56 bits per heavy atom. The second-order valence-corrected chi connectivity index (χ2v) is 3.94. The van der Waals surface area contributed by atoms with Gasteiger partial charge in [0, 0.05) is 19.5 Å². The van der Waals surface area contributed by atoms with E-state index in [4.69, 9.17) is 4.84 Å². The first-order chi connectivity index (χ1) is 8.58. The summed E-state index contributed by atoms with van der Waals surface area (Å²) >= 11 is 0. The summed E-state index contributed by atoms with van der Waals surface area (Å²) in [6.07, 6.45) is 0.268. The lowest BCUT2D eigenvalue weighted by atomic mass is 10.0. The predicted octanol–water partition coefficient (Wildman–Crippen LogP) is 1.89. The quantitative estimate of drug-likeness (QED) is 0.788. The van der Waals surface area contributed by atoms with E-state index in [1.807, 2.05) is 6.92 Å². The Morgan fingerprint density at radius 2 is 2.06 bits per heavy atom. The van der Waals surface area contributed by atoms with Crippen molar-refractivity contribution in [3.63, 3.8) is 0 Å². The lowest BCUT2D eigenvalue weighted by Crippen LogP contribution is -2.31. The van der Waals surface area contributed by atoms with E-state index in [9.17, 15) is 9.18 Å². The van der Waals surface area contributed by atoms with Gasteiger partial charge in [0.1, 0.15) is 5.82 Å². The minimum absolute atomic E-state index is 0.132. The zero-order chi connectivity index (χ0) is 13.5. The van der Waals surface area contributed by atoms with Gasteiger partial charge in [0.2, 0.25) is 5.91 Å². The van der Waals surface area contributed by atoms with Crippen LogP contribution in [0.3, 0.4) is 0 Å². The molecule has 1 N–H and O–H groups in total. The molecule has 0 unspecified atom stereocenters. The number of hydrogen-bond donors (Lipinski definition) is 1. The number of nitrogens with one attached hydrogen (secondary N) is 1. The molecule has 1 rings (SSSR count). The third-order valence-corrected chi connectivity index (χ3v) is 2.73. The van der Waals surface area contributed by atoms with Crippen LogP contribution in [0, 0.1) is 5.82 Å². The zero-order valence-electron chi connectivity index (χ0n) is 10.9. The van der Waals surface area contributed by atoms with Gasteiger partial charge in [-0.15, -0.1) is 0 Å². The molecule has 1 aromatic carbocycles. The molecule has 1 amide bonds. The molecule has 0 spiro atoms. The Labute approximate surface area is 107 Å². The number of hydroxylamine groups is 2. The maximum absolute atomic E-state index is 12.9. The average Bonchev–Trinajstić information content (AvgIpc) is 2.38. The maximum Gasteiger partial charge on any atom is 0.247 e. The van der Waals surface area contributed by atoms with Gasteiger partial charge in [-0.1, -0.05) is 19.1 Å². The van der Waals surface area contributed by atoms with E-state index in [0.717, 1.165) is 12.1 Å². The van der Waals surface area contributed by atoms with Crippen molar-refractivity contribution < 1.29 is 14.0 Å². The number of carbonyl (C=O) groups excluding carboxylic acids is 1. The van der Waals surface area contributed by atoms with Crippen LogP contribution in [0.5, 0.6) is 0 Å². The van der Waals surface area contributed by atoms with Crippen LogP contribution in [0.4, 0.5) is 4.39 Å². The third-order valence-electron chi connectivity index (χ3n) is 2.73. The molecular formula is C13H19FN2O2. The number of benzene rings is 1. The molecule has 5 heteroatoms. The maximum atomic E-state index is 12.9. The number of rotatable bonds is 6. The highest BCUT2D eigenvalue weighted by Crippen LogP contribution is 2.18. The first kappa shape index (κ1) is 14.6. The van der Waals surface area contributed by atoms with Crippen LogP contribution >= 0.6 is 0 Å². The molecule has 0 aliphatic carbocycles. The normalized spacial score (nSPS) is 12.2. The molecule has 0 aliphatic heterocycles. The summed E-state index contributed by atoms with van der Waals surface area (Å²) < 4.78 is 12.9. The van der Waals surface area contributed by atoms with Crippen LogP contribution in [-0.4, -0.2) is 31.7 Å². The lowest BCUT2D eigenvalue weighted by molar-refractivity contribution is -0.169. The Hall–Kier alpha value is -1.46. The number of nitrogens with zero attached hydrogens (tertiary/aromatic N) is 1. The molecule has 100 valence electrons. The summed E-state index contributed by atoms with van der Waals surface area (Å²) in [6, 6.07) is 6.01. The van der Waals surface area contributed by atoms with E-state index in [1.165, 1.54) is 24.3 Å². The minimum atomic E-state index is -0.283. The Morgan fingerprint density at radius 1 is 1.44 bits per heavy atom. The molecule has 4 nitrogen and oxygen atoms in total. The van der Waals surface area contributed by atoms with Crippen LogP contribution < -0.4 is 5.32 Å². The second kappa shape index (κ2) is 7.08. The molecule has 18 heavy (non-hydrogen) atoms. The van der Waals surface area contributed by atoms with Crippen molar-refractivity contribution in [1.29, 1.82) is 0 Å². The van der Waals surface area contributed by atoms with Gasteiger partial charge in [0.25, 0.3) is 0 Å². The van der Waals surface area contributed by atoms with Crippen LogP contribution in [0.15, 0.2) is 24.3 Å².